The van der Waals surface area contributed by atoms with Gasteiger partial charge in [0.2, 0.25) is 0 Å². The van der Waals surface area contributed by atoms with Crippen LogP contribution in [-0.2, 0) is 0 Å². The average molecular weight is 285 g/mol. The van der Waals surface area contributed by atoms with Crippen LogP contribution in [0.2, 0.25) is 0 Å². The molecule has 0 fully saturated rings. The summed E-state index contributed by atoms with van der Waals surface area (Å²) >= 11 is 0. The van der Waals surface area contributed by atoms with Crippen molar-refractivity contribution in [1.29, 1.82) is 0 Å². The third-order valence-corrected chi connectivity index (χ3v) is 3.08. The van der Waals surface area contributed by atoms with Gasteiger partial charge in [0.05, 0.1) is 11.5 Å². The van der Waals surface area contributed by atoms with E-state index in [0.29, 0.717) is 29.0 Å². The van der Waals surface area contributed by atoms with E-state index in [-0.39, 0.29) is 11.5 Å². The summed E-state index contributed by atoms with van der Waals surface area (Å²) in [6, 6.07) is 11.2. The fourth-order valence-electron chi connectivity index (χ4n) is 2.04. The molecule has 0 bridgehead atoms. The van der Waals surface area contributed by atoms with E-state index in [2.05, 4.69) is 0 Å². The van der Waals surface area contributed by atoms with Crippen LogP contribution in [0.25, 0.3) is 0 Å². The number of nitro benzene ring substituents is 1. The maximum Gasteiger partial charge on any atom is 0.272 e. The van der Waals surface area contributed by atoms with Crippen LogP contribution in [0.4, 0.5) is 5.69 Å². The maximum absolute atomic E-state index is 12.3. The number of hydrogen-bond donors (Lipinski definition) is 0. The molecule has 2 rings (SSSR count). The Morgan fingerprint density at radius 2 is 1.76 bits per heavy atom. The van der Waals surface area contributed by atoms with E-state index in [1.165, 1.54) is 18.2 Å². The van der Waals surface area contributed by atoms with E-state index in [1.54, 1.807) is 31.2 Å². The summed E-state index contributed by atoms with van der Waals surface area (Å²) in [7, 11) is 0. The van der Waals surface area contributed by atoms with Crippen molar-refractivity contribution in [1.82, 2.24) is 0 Å². The van der Waals surface area contributed by atoms with Gasteiger partial charge in [-0.1, -0.05) is 0 Å². The fourth-order valence-corrected chi connectivity index (χ4v) is 2.04. The lowest BCUT2D eigenvalue weighted by molar-refractivity contribution is -0.385. The molecule has 2 aromatic rings. The zero-order chi connectivity index (χ0) is 15.4. The second-order valence-electron chi connectivity index (χ2n) is 4.54. The summed E-state index contributed by atoms with van der Waals surface area (Å²) in [5.41, 5.74) is 1.43. The van der Waals surface area contributed by atoms with E-state index < -0.39 is 4.92 Å². The minimum atomic E-state index is -0.458. The number of ketones is 1. The lowest BCUT2D eigenvalue weighted by atomic mass is 10.0. The van der Waals surface area contributed by atoms with Crippen LogP contribution in [0.1, 0.15) is 28.4 Å². The Labute approximate surface area is 122 Å². The van der Waals surface area contributed by atoms with Crippen LogP contribution in [0, 0.1) is 17.0 Å². The Morgan fingerprint density at radius 1 is 1.14 bits per heavy atom. The molecule has 21 heavy (non-hydrogen) atoms. The van der Waals surface area contributed by atoms with Crippen LogP contribution in [-0.4, -0.2) is 17.3 Å². The number of aryl methyl sites for hydroxylation is 1. The molecule has 0 N–H and O–H groups in total. The van der Waals surface area contributed by atoms with E-state index in [1.807, 2.05) is 6.92 Å². The molecule has 0 aliphatic heterocycles. The summed E-state index contributed by atoms with van der Waals surface area (Å²) in [6.07, 6.45) is 0. The molecule has 0 unspecified atom stereocenters. The van der Waals surface area contributed by atoms with Crippen molar-refractivity contribution in [3.63, 3.8) is 0 Å². The van der Waals surface area contributed by atoms with Gasteiger partial charge in [0, 0.05) is 22.8 Å². The van der Waals surface area contributed by atoms with Gasteiger partial charge in [0.25, 0.3) is 5.69 Å². The number of nitrogens with zero attached hydrogens (tertiary/aromatic N) is 1. The van der Waals surface area contributed by atoms with Gasteiger partial charge in [-0.25, -0.2) is 0 Å². The molecule has 0 amide bonds. The lowest BCUT2D eigenvalue weighted by Gasteiger charge is -2.05. The molecule has 0 spiro atoms. The number of hydrogen-bond acceptors (Lipinski definition) is 4. The Bertz CT molecular complexity index is 677. The summed E-state index contributed by atoms with van der Waals surface area (Å²) in [4.78, 5) is 22.7. The predicted octanol–water partition coefficient (Wildman–Crippen LogP) is 3.53. The average Bonchev–Trinajstić information content (AvgIpc) is 2.47. The molecule has 0 atom stereocenters. The van der Waals surface area contributed by atoms with Gasteiger partial charge in [0.15, 0.2) is 5.78 Å². The fraction of sp³-hybridized carbons (Fsp3) is 0.188. The standard InChI is InChI=1S/C16H15NO4/c1-3-21-14-7-4-12(5-8-14)16(18)13-6-9-15(17(19)20)11(2)10-13/h4-10H,3H2,1-2H3. The molecule has 0 aromatic heterocycles. The highest BCUT2D eigenvalue weighted by Gasteiger charge is 2.15. The van der Waals surface area contributed by atoms with Gasteiger partial charge in [-0.2, -0.15) is 0 Å². The molecule has 0 aliphatic carbocycles. The SMILES string of the molecule is CCOc1ccc(C(=O)c2ccc([N+](=O)[O-])c(C)c2)cc1. The third kappa shape index (κ3) is 3.25. The summed E-state index contributed by atoms with van der Waals surface area (Å²) in [6.45, 7) is 4.07. The molecule has 2 aromatic carbocycles. The molecule has 0 aliphatic rings. The highest BCUT2D eigenvalue weighted by Crippen LogP contribution is 2.21. The normalized spacial score (nSPS) is 10.2. The van der Waals surface area contributed by atoms with E-state index in [9.17, 15) is 14.9 Å². The van der Waals surface area contributed by atoms with Crippen LogP contribution < -0.4 is 4.74 Å². The first kappa shape index (κ1) is 14.7. The number of benzene rings is 2. The van der Waals surface area contributed by atoms with Crippen molar-refractivity contribution >= 4 is 11.5 Å². The minimum Gasteiger partial charge on any atom is -0.494 e. The zero-order valence-corrected chi connectivity index (χ0v) is 11.8. The smallest absolute Gasteiger partial charge is 0.272 e. The largest absolute Gasteiger partial charge is 0.494 e. The van der Waals surface area contributed by atoms with E-state index in [4.69, 9.17) is 4.74 Å². The molecule has 0 saturated heterocycles. The molecule has 0 saturated carbocycles. The van der Waals surface area contributed by atoms with Crippen molar-refractivity contribution < 1.29 is 14.5 Å². The van der Waals surface area contributed by atoms with Crippen LogP contribution in [0.5, 0.6) is 5.75 Å². The summed E-state index contributed by atoms with van der Waals surface area (Å²) in [5.74, 6) is 0.532. The summed E-state index contributed by atoms with van der Waals surface area (Å²) < 4.78 is 5.32. The highest BCUT2D eigenvalue weighted by atomic mass is 16.6. The maximum atomic E-state index is 12.3. The molecular formula is C16H15NO4. The topological polar surface area (TPSA) is 69.4 Å². The molecule has 5 heteroatoms. The second-order valence-corrected chi connectivity index (χ2v) is 4.54. The highest BCUT2D eigenvalue weighted by molar-refractivity contribution is 6.09. The Kier molecular flexibility index (Phi) is 4.33. The predicted molar refractivity (Wildman–Crippen MR) is 78.9 cm³/mol. The number of carbonyl (C=O) groups excluding carboxylic acids is 1. The van der Waals surface area contributed by atoms with E-state index in [0.717, 1.165) is 0 Å². The molecular weight excluding hydrogens is 270 g/mol. The third-order valence-electron chi connectivity index (χ3n) is 3.08. The quantitative estimate of drug-likeness (QED) is 0.478. The van der Waals surface area contributed by atoms with Crippen molar-refractivity contribution in [2.75, 3.05) is 6.61 Å². The van der Waals surface area contributed by atoms with Gasteiger partial charge >= 0.3 is 0 Å². The molecule has 0 radical (unpaired) electrons. The monoisotopic (exact) mass is 285 g/mol. The van der Waals surface area contributed by atoms with Crippen LogP contribution >= 0.6 is 0 Å². The zero-order valence-electron chi connectivity index (χ0n) is 11.8. The molecule has 0 heterocycles. The molecule has 5 nitrogen and oxygen atoms in total. The van der Waals surface area contributed by atoms with Gasteiger partial charge in [-0.05, 0) is 50.2 Å². The Morgan fingerprint density at radius 3 is 2.29 bits per heavy atom. The van der Waals surface area contributed by atoms with Crippen LogP contribution in [0.3, 0.4) is 0 Å². The van der Waals surface area contributed by atoms with E-state index >= 15 is 0 Å². The van der Waals surface area contributed by atoms with Crippen molar-refractivity contribution in [2.24, 2.45) is 0 Å². The lowest BCUT2D eigenvalue weighted by Crippen LogP contribution is -2.03. The number of carbonyl (C=O) groups is 1. The van der Waals surface area contributed by atoms with Gasteiger partial charge in [-0.15, -0.1) is 0 Å². The number of rotatable bonds is 5. The van der Waals surface area contributed by atoms with Gasteiger partial charge < -0.3 is 4.74 Å². The number of nitro groups is 1. The first-order valence-corrected chi connectivity index (χ1v) is 6.55. The number of ether oxygens (including phenoxy) is 1. The van der Waals surface area contributed by atoms with Crippen molar-refractivity contribution in [2.45, 2.75) is 13.8 Å². The Balaban J connectivity index is 2.27. The minimum absolute atomic E-state index is 0.0123. The Hall–Kier alpha value is -2.69. The summed E-state index contributed by atoms with van der Waals surface area (Å²) in [5, 5.41) is 10.8. The van der Waals surface area contributed by atoms with Crippen LogP contribution in [0.15, 0.2) is 42.5 Å². The van der Waals surface area contributed by atoms with Crippen molar-refractivity contribution in [3.05, 3.63) is 69.3 Å². The van der Waals surface area contributed by atoms with Gasteiger partial charge in [0.1, 0.15) is 5.75 Å². The van der Waals surface area contributed by atoms with Gasteiger partial charge in [-0.3, -0.25) is 14.9 Å². The molecule has 108 valence electrons. The van der Waals surface area contributed by atoms with Crippen molar-refractivity contribution in [3.8, 4) is 5.75 Å². The first-order chi connectivity index (χ1) is 10.0. The first-order valence-electron chi connectivity index (χ1n) is 6.55. The second kappa shape index (κ2) is 6.17.